The molecule has 0 aliphatic carbocycles. The van der Waals surface area contributed by atoms with E-state index in [9.17, 15) is 10.2 Å². The Morgan fingerprint density at radius 3 is 2.88 bits per heavy atom. The van der Waals surface area contributed by atoms with Gasteiger partial charge in [-0.2, -0.15) is 0 Å². The summed E-state index contributed by atoms with van der Waals surface area (Å²) in [7, 11) is 2.06. The SMILES string of the molecule is CN(Cc1ccc(O)cc1O)C1CCNC1. The predicted octanol–water partition coefficient (Wildman–Crippen LogP) is 0.891. The summed E-state index contributed by atoms with van der Waals surface area (Å²) in [6, 6.07) is 5.29. The van der Waals surface area contributed by atoms with Crippen molar-refractivity contribution in [3.63, 3.8) is 0 Å². The predicted molar refractivity (Wildman–Crippen MR) is 62.5 cm³/mol. The molecule has 1 aromatic carbocycles. The molecule has 3 N–H and O–H groups in total. The van der Waals surface area contributed by atoms with Crippen molar-refractivity contribution in [2.24, 2.45) is 0 Å². The first kappa shape index (κ1) is 11.2. The highest BCUT2D eigenvalue weighted by atomic mass is 16.3. The van der Waals surface area contributed by atoms with E-state index in [1.165, 1.54) is 6.07 Å². The van der Waals surface area contributed by atoms with Crippen LogP contribution in [0.1, 0.15) is 12.0 Å². The van der Waals surface area contributed by atoms with Gasteiger partial charge in [-0.1, -0.05) is 6.07 Å². The number of hydrogen-bond acceptors (Lipinski definition) is 4. The summed E-state index contributed by atoms with van der Waals surface area (Å²) in [5.41, 5.74) is 0.854. The summed E-state index contributed by atoms with van der Waals surface area (Å²) in [4.78, 5) is 2.23. The lowest BCUT2D eigenvalue weighted by Crippen LogP contribution is -2.32. The molecular weight excluding hydrogens is 204 g/mol. The molecular formula is C12H18N2O2. The molecule has 0 radical (unpaired) electrons. The summed E-state index contributed by atoms with van der Waals surface area (Å²) in [6.45, 7) is 2.78. The standard InChI is InChI=1S/C12H18N2O2/c1-14(10-4-5-13-7-10)8-9-2-3-11(15)6-12(9)16/h2-3,6,10,13,15-16H,4-5,7-8H2,1H3. The van der Waals surface area contributed by atoms with Crippen LogP contribution in [0.4, 0.5) is 0 Å². The first-order chi connectivity index (χ1) is 7.66. The van der Waals surface area contributed by atoms with Crippen molar-refractivity contribution in [2.45, 2.75) is 19.0 Å². The molecule has 1 atom stereocenters. The number of aromatic hydroxyl groups is 2. The molecule has 2 rings (SSSR count). The summed E-state index contributed by atoms with van der Waals surface area (Å²) >= 11 is 0. The third-order valence-electron chi connectivity index (χ3n) is 3.15. The van der Waals surface area contributed by atoms with E-state index in [1.807, 2.05) is 0 Å². The number of rotatable bonds is 3. The summed E-state index contributed by atoms with van der Waals surface area (Å²) in [6.07, 6.45) is 1.15. The Kier molecular flexibility index (Phi) is 3.31. The number of likely N-dealkylation sites (N-methyl/N-ethyl adjacent to an activating group) is 1. The van der Waals surface area contributed by atoms with Gasteiger partial charge in [0.05, 0.1) is 0 Å². The van der Waals surface area contributed by atoms with Gasteiger partial charge in [-0.05, 0) is 26.1 Å². The Bertz CT molecular complexity index is 362. The minimum absolute atomic E-state index is 0.103. The van der Waals surface area contributed by atoms with Crippen LogP contribution < -0.4 is 5.32 Å². The second-order valence-electron chi connectivity index (χ2n) is 4.37. The number of nitrogens with one attached hydrogen (secondary N) is 1. The van der Waals surface area contributed by atoms with E-state index in [0.29, 0.717) is 12.6 Å². The van der Waals surface area contributed by atoms with Gasteiger partial charge in [0.1, 0.15) is 11.5 Å². The van der Waals surface area contributed by atoms with Crippen molar-refractivity contribution >= 4 is 0 Å². The molecule has 0 aromatic heterocycles. The largest absolute Gasteiger partial charge is 0.508 e. The Morgan fingerprint density at radius 1 is 1.44 bits per heavy atom. The second-order valence-corrected chi connectivity index (χ2v) is 4.37. The molecule has 0 spiro atoms. The molecule has 1 heterocycles. The van der Waals surface area contributed by atoms with E-state index in [-0.39, 0.29) is 11.5 Å². The molecule has 0 amide bonds. The van der Waals surface area contributed by atoms with E-state index < -0.39 is 0 Å². The summed E-state index contributed by atoms with van der Waals surface area (Å²) in [5, 5.41) is 22.2. The fourth-order valence-electron chi connectivity index (χ4n) is 2.10. The fourth-order valence-corrected chi connectivity index (χ4v) is 2.10. The van der Waals surface area contributed by atoms with E-state index in [1.54, 1.807) is 12.1 Å². The van der Waals surface area contributed by atoms with E-state index >= 15 is 0 Å². The average Bonchev–Trinajstić information content (AvgIpc) is 2.75. The van der Waals surface area contributed by atoms with Crippen LogP contribution in [0.5, 0.6) is 11.5 Å². The van der Waals surface area contributed by atoms with Crippen molar-refractivity contribution in [3.05, 3.63) is 23.8 Å². The molecule has 88 valence electrons. The Balaban J connectivity index is 2.02. The van der Waals surface area contributed by atoms with Crippen LogP contribution in [-0.2, 0) is 6.54 Å². The first-order valence-corrected chi connectivity index (χ1v) is 5.58. The Labute approximate surface area is 95.5 Å². The van der Waals surface area contributed by atoms with E-state index in [4.69, 9.17) is 0 Å². The van der Waals surface area contributed by atoms with Gasteiger partial charge in [0.25, 0.3) is 0 Å². The van der Waals surface area contributed by atoms with Crippen LogP contribution in [0.3, 0.4) is 0 Å². The Hall–Kier alpha value is -1.26. The quantitative estimate of drug-likeness (QED) is 0.711. The van der Waals surface area contributed by atoms with Gasteiger partial charge in [0.15, 0.2) is 0 Å². The molecule has 1 aliphatic rings. The van der Waals surface area contributed by atoms with Crippen LogP contribution in [-0.4, -0.2) is 41.3 Å². The molecule has 1 unspecified atom stereocenters. The van der Waals surface area contributed by atoms with E-state index in [2.05, 4.69) is 17.3 Å². The molecule has 1 aromatic rings. The molecule has 1 saturated heterocycles. The zero-order valence-corrected chi connectivity index (χ0v) is 9.48. The number of phenolic OH excluding ortho intramolecular Hbond substituents is 2. The summed E-state index contributed by atoms with van der Waals surface area (Å²) < 4.78 is 0. The lowest BCUT2D eigenvalue weighted by atomic mass is 10.1. The van der Waals surface area contributed by atoms with Crippen molar-refractivity contribution in [1.29, 1.82) is 0 Å². The maximum atomic E-state index is 9.68. The van der Waals surface area contributed by atoms with Crippen LogP contribution in [0, 0.1) is 0 Å². The van der Waals surface area contributed by atoms with Gasteiger partial charge in [0.2, 0.25) is 0 Å². The zero-order valence-electron chi connectivity index (χ0n) is 9.48. The molecule has 1 fully saturated rings. The third kappa shape index (κ3) is 2.46. The minimum atomic E-state index is 0.103. The molecule has 1 aliphatic heterocycles. The lowest BCUT2D eigenvalue weighted by Gasteiger charge is -2.23. The second kappa shape index (κ2) is 4.72. The maximum absolute atomic E-state index is 9.68. The third-order valence-corrected chi connectivity index (χ3v) is 3.15. The van der Waals surface area contributed by atoms with Gasteiger partial charge in [-0.3, -0.25) is 4.90 Å². The highest BCUT2D eigenvalue weighted by Gasteiger charge is 2.19. The minimum Gasteiger partial charge on any atom is -0.508 e. The van der Waals surface area contributed by atoms with Crippen LogP contribution >= 0.6 is 0 Å². The first-order valence-electron chi connectivity index (χ1n) is 5.58. The average molecular weight is 222 g/mol. The van der Waals surface area contributed by atoms with Gasteiger partial charge in [0, 0.05) is 30.8 Å². The smallest absolute Gasteiger partial charge is 0.123 e. The number of nitrogens with zero attached hydrogens (tertiary/aromatic N) is 1. The molecule has 4 nitrogen and oxygen atoms in total. The van der Waals surface area contributed by atoms with Gasteiger partial charge < -0.3 is 15.5 Å². The number of benzene rings is 1. The van der Waals surface area contributed by atoms with Gasteiger partial charge in [-0.15, -0.1) is 0 Å². The summed E-state index contributed by atoms with van der Waals surface area (Å²) in [5.74, 6) is 0.268. The van der Waals surface area contributed by atoms with Crippen molar-refractivity contribution in [1.82, 2.24) is 10.2 Å². The lowest BCUT2D eigenvalue weighted by molar-refractivity contribution is 0.245. The molecule has 4 heteroatoms. The van der Waals surface area contributed by atoms with Crippen LogP contribution in [0.2, 0.25) is 0 Å². The normalized spacial score (nSPS) is 20.5. The molecule has 0 bridgehead atoms. The Morgan fingerprint density at radius 2 is 2.25 bits per heavy atom. The highest BCUT2D eigenvalue weighted by Crippen LogP contribution is 2.24. The monoisotopic (exact) mass is 222 g/mol. The highest BCUT2D eigenvalue weighted by molar-refractivity contribution is 5.38. The van der Waals surface area contributed by atoms with Gasteiger partial charge in [-0.25, -0.2) is 0 Å². The fraction of sp³-hybridized carbons (Fsp3) is 0.500. The molecule has 0 saturated carbocycles. The number of phenols is 2. The van der Waals surface area contributed by atoms with Crippen LogP contribution in [0.25, 0.3) is 0 Å². The number of hydrogen-bond donors (Lipinski definition) is 3. The van der Waals surface area contributed by atoms with Crippen molar-refractivity contribution < 1.29 is 10.2 Å². The van der Waals surface area contributed by atoms with Crippen molar-refractivity contribution in [3.8, 4) is 11.5 Å². The van der Waals surface area contributed by atoms with E-state index in [0.717, 1.165) is 25.1 Å². The topological polar surface area (TPSA) is 55.7 Å². The van der Waals surface area contributed by atoms with Gasteiger partial charge >= 0.3 is 0 Å². The molecule has 16 heavy (non-hydrogen) atoms. The zero-order chi connectivity index (χ0) is 11.5. The van der Waals surface area contributed by atoms with Crippen LogP contribution in [0.15, 0.2) is 18.2 Å². The van der Waals surface area contributed by atoms with Crippen molar-refractivity contribution in [2.75, 3.05) is 20.1 Å². The maximum Gasteiger partial charge on any atom is 0.123 e.